The number of rotatable bonds is 6. The van der Waals surface area contributed by atoms with Gasteiger partial charge in [-0.15, -0.1) is 11.8 Å². The molecule has 0 saturated carbocycles. The fourth-order valence-corrected chi connectivity index (χ4v) is 7.55. The molecule has 2 amide bonds. The lowest BCUT2D eigenvalue weighted by molar-refractivity contribution is -0.155. The van der Waals surface area contributed by atoms with Crippen LogP contribution in [-0.4, -0.2) is 71.8 Å². The first-order valence-corrected chi connectivity index (χ1v) is 13.6. The van der Waals surface area contributed by atoms with Crippen molar-refractivity contribution < 1.29 is 27.5 Å². The number of benzene rings is 1. The van der Waals surface area contributed by atoms with Crippen LogP contribution in [0.3, 0.4) is 0 Å². The molecule has 0 unspecified atom stereocenters. The molecule has 2 atom stereocenters. The summed E-state index contributed by atoms with van der Waals surface area (Å²) in [4.78, 5) is 38.3. The Balaban J connectivity index is 1.38. The Kier molecular flexibility index (Phi) is 6.95. The van der Waals surface area contributed by atoms with E-state index in [1.165, 1.54) is 34.3 Å². The fourth-order valence-electron chi connectivity index (χ4n) is 4.43. The van der Waals surface area contributed by atoms with E-state index >= 15 is 0 Å². The van der Waals surface area contributed by atoms with Gasteiger partial charge in [0.15, 0.2) is 6.61 Å². The lowest BCUT2D eigenvalue weighted by atomic mass is 10.2. The zero-order valence-corrected chi connectivity index (χ0v) is 20.6. The molecule has 3 heterocycles. The second-order valence-corrected chi connectivity index (χ2v) is 12.4. The third kappa shape index (κ3) is 4.87. The lowest BCUT2D eigenvalue weighted by Crippen LogP contribution is -2.47. The summed E-state index contributed by atoms with van der Waals surface area (Å²) in [5, 5.41) is 2.68. The summed E-state index contributed by atoms with van der Waals surface area (Å²) in [7, 11) is -3.70. The average molecular weight is 516 g/mol. The molecule has 0 aromatic heterocycles. The summed E-state index contributed by atoms with van der Waals surface area (Å²) in [6, 6.07) is 3.41. The number of esters is 1. The normalized spacial score (nSPS) is 25.7. The highest BCUT2D eigenvalue weighted by Crippen LogP contribution is 2.47. The van der Waals surface area contributed by atoms with Crippen molar-refractivity contribution in [3.8, 4) is 0 Å². The van der Waals surface area contributed by atoms with Crippen LogP contribution in [0.4, 0.5) is 5.69 Å². The van der Waals surface area contributed by atoms with Crippen LogP contribution in [0.25, 0.3) is 0 Å². The number of ether oxygens (including phenoxy) is 1. The van der Waals surface area contributed by atoms with Crippen molar-refractivity contribution in [3.05, 3.63) is 23.2 Å². The molecule has 0 spiro atoms. The third-order valence-electron chi connectivity index (χ3n) is 6.23. The van der Waals surface area contributed by atoms with Crippen LogP contribution in [0.2, 0.25) is 5.02 Å². The van der Waals surface area contributed by atoms with Gasteiger partial charge in [0, 0.05) is 25.3 Å². The van der Waals surface area contributed by atoms with Gasteiger partial charge in [0.25, 0.3) is 5.91 Å². The van der Waals surface area contributed by atoms with E-state index in [9.17, 15) is 22.8 Å². The number of sulfonamides is 1. The molecule has 3 fully saturated rings. The molecular weight excluding hydrogens is 490 g/mol. The first-order chi connectivity index (χ1) is 15.6. The first kappa shape index (κ1) is 24.3. The van der Waals surface area contributed by atoms with Crippen LogP contribution in [-0.2, 0) is 29.1 Å². The van der Waals surface area contributed by atoms with Gasteiger partial charge in [0.05, 0.1) is 20.5 Å². The molecule has 4 rings (SSSR count). The van der Waals surface area contributed by atoms with Gasteiger partial charge in [-0.1, -0.05) is 18.0 Å². The van der Waals surface area contributed by atoms with Crippen LogP contribution in [0, 0.1) is 0 Å². The van der Waals surface area contributed by atoms with Gasteiger partial charge in [-0.3, -0.25) is 9.59 Å². The van der Waals surface area contributed by atoms with Crippen LogP contribution < -0.4 is 5.32 Å². The predicted molar refractivity (Wildman–Crippen MR) is 124 cm³/mol. The molecule has 0 bridgehead atoms. The van der Waals surface area contributed by atoms with E-state index in [0.717, 1.165) is 19.3 Å². The van der Waals surface area contributed by atoms with Gasteiger partial charge in [-0.25, -0.2) is 13.2 Å². The van der Waals surface area contributed by atoms with E-state index in [-0.39, 0.29) is 21.5 Å². The molecular formula is C21H26ClN3O6S2. The smallest absolute Gasteiger partial charge is 0.330 e. The second kappa shape index (κ2) is 9.44. The Bertz CT molecular complexity index is 1080. The minimum Gasteiger partial charge on any atom is -0.454 e. The van der Waals surface area contributed by atoms with Crippen molar-refractivity contribution in [3.63, 3.8) is 0 Å². The Hall–Kier alpha value is -1.82. The number of carbonyl (C=O) groups excluding carboxylic acids is 3. The second-order valence-electron chi connectivity index (χ2n) is 8.53. The summed E-state index contributed by atoms with van der Waals surface area (Å²) in [5.41, 5.74) is 0.120. The van der Waals surface area contributed by atoms with Crippen molar-refractivity contribution in [1.82, 2.24) is 9.21 Å². The molecule has 9 nitrogen and oxygen atoms in total. The quantitative estimate of drug-likeness (QED) is 0.579. The molecule has 12 heteroatoms. The molecule has 1 aromatic carbocycles. The highest BCUT2D eigenvalue weighted by molar-refractivity contribution is 8.01. The number of nitrogens with one attached hydrogen (secondary N) is 1. The Labute approximate surface area is 202 Å². The Morgan fingerprint density at radius 1 is 1.27 bits per heavy atom. The van der Waals surface area contributed by atoms with Crippen molar-refractivity contribution in [2.45, 2.75) is 54.8 Å². The highest BCUT2D eigenvalue weighted by Gasteiger charge is 2.53. The topological polar surface area (TPSA) is 113 Å². The summed E-state index contributed by atoms with van der Waals surface area (Å²) in [5.74, 6) is -0.958. The number of carbonyl (C=O) groups is 3. The van der Waals surface area contributed by atoms with Crippen molar-refractivity contribution in [1.29, 1.82) is 0 Å². The number of hydrogen-bond acceptors (Lipinski definition) is 7. The van der Waals surface area contributed by atoms with E-state index in [0.29, 0.717) is 31.7 Å². The molecule has 3 aliphatic rings. The van der Waals surface area contributed by atoms with E-state index in [4.69, 9.17) is 16.3 Å². The summed E-state index contributed by atoms with van der Waals surface area (Å²) < 4.78 is 32.4. The van der Waals surface area contributed by atoms with E-state index in [2.05, 4.69) is 5.32 Å². The number of nitrogens with zero attached hydrogens (tertiary/aromatic N) is 2. The monoisotopic (exact) mass is 515 g/mol. The lowest BCUT2D eigenvalue weighted by Gasteiger charge is -2.29. The molecule has 33 heavy (non-hydrogen) atoms. The SMILES string of the molecule is C[C@@]12CCC(=O)N1[C@H](C(=O)OCC(=O)Nc1cc(S(=O)(=O)N3CCCCC3)ccc1Cl)CS2. The number of halogens is 1. The largest absolute Gasteiger partial charge is 0.454 e. The van der Waals surface area contributed by atoms with Gasteiger partial charge < -0.3 is 15.0 Å². The maximum Gasteiger partial charge on any atom is 0.330 e. The van der Waals surface area contributed by atoms with Crippen molar-refractivity contribution in [2.24, 2.45) is 0 Å². The number of piperidine rings is 1. The molecule has 0 aliphatic carbocycles. The Morgan fingerprint density at radius 2 is 2.00 bits per heavy atom. The van der Waals surface area contributed by atoms with E-state index < -0.39 is 39.4 Å². The number of amides is 2. The molecule has 180 valence electrons. The van der Waals surface area contributed by atoms with Gasteiger partial charge in [0.2, 0.25) is 15.9 Å². The predicted octanol–water partition coefficient (Wildman–Crippen LogP) is 2.45. The Morgan fingerprint density at radius 3 is 2.73 bits per heavy atom. The van der Waals surface area contributed by atoms with Crippen LogP contribution in [0.5, 0.6) is 0 Å². The zero-order chi connectivity index (χ0) is 23.8. The van der Waals surface area contributed by atoms with Gasteiger partial charge in [0.1, 0.15) is 6.04 Å². The molecule has 3 aliphatic heterocycles. The summed E-state index contributed by atoms with van der Waals surface area (Å²) in [6.45, 7) is 2.27. The zero-order valence-electron chi connectivity index (χ0n) is 18.2. The van der Waals surface area contributed by atoms with E-state index in [1.54, 1.807) is 4.90 Å². The summed E-state index contributed by atoms with van der Waals surface area (Å²) >= 11 is 7.69. The fraction of sp³-hybridized carbons (Fsp3) is 0.571. The average Bonchev–Trinajstić information content (AvgIpc) is 3.29. The van der Waals surface area contributed by atoms with Gasteiger partial charge in [-0.2, -0.15) is 4.31 Å². The van der Waals surface area contributed by atoms with Gasteiger partial charge >= 0.3 is 5.97 Å². The summed E-state index contributed by atoms with van der Waals surface area (Å²) in [6.07, 6.45) is 3.68. The minimum atomic E-state index is -3.70. The first-order valence-electron chi connectivity index (χ1n) is 10.8. The molecule has 1 aromatic rings. The molecule has 3 saturated heterocycles. The third-order valence-corrected chi connectivity index (χ3v) is 9.96. The minimum absolute atomic E-state index is 0.0379. The van der Waals surface area contributed by atoms with Crippen LogP contribution in [0.15, 0.2) is 23.1 Å². The molecule has 1 N–H and O–H groups in total. The van der Waals surface area contributed by atoms with Crippen LogP contribution >= 0.6 is 23.4 Å². The number of fused-ring (bicyclic) bond motifs is 1. The van der Waals surface area contributed by atoms with Crippen molar-refractivity contribution >= 4 is 56.9 Å². The maximum atomic E-state index is 12.9. The highest BCUT2D eigenvalue weighted by atomic mass is 35.5. The van der Waals surface area contributed by atoms with Crippen LogP contribution in [0.1, 0.15) is 39.0 Å². The number of hydrogen-bond donors (Lipinski definition) is 1. The van der Waals surface area contributed by atoms with Gasteiger partial charge in [-0.05, 0) is 44.4 Å². The molecule has 0 radical (unpaired) electrons. The number of anilines is 1. The van der Waals surface area contributed by atoms with Crippen molar-refractivity contribution in [2.75, 3.05) is 30.8 Å². The van der Waals surface area contributed by atoms with E-state index in [1.807, 2.05) is 6.92 Å². The standard InChI is InChI=1S/C21H26ClN3O6S2/c1-21-8-7-19(27)25(21)17(13-32-21)20(28)31-12-18(26)23-16-11-14(5-6-15(16)22)33(29,30)24-9-3-2-4-10-24/h5-6,11,17H,2-4,7-10,12-13H2,1H3,(H,23,26)/t17-,21+/m0/s1. The maximum absolute atomic E-state index is 12.9. The number of thioether (sulfide) groups is 1.